The summed E-state index contributed by atoms with van der Waals surface area (Å²) < 4.78 is 7.81. The number of carbonyl (C=O) groups is 1. The van der Waals surface area contributed by atoms with Crippen LogP contribution in [-0.2, 0) is 7.05 Å². The average molecular weight is 296 g/mol. The minimum atomic E-state index is -0.0720. The van der Waals surface area contributed by atoms with E-state index in [1.165, 1.54) is 17.9 Å². The predicted molar refractivity (Wildman–Crippen MR) is 65.2 cm³/mol. The zero-order chi connectivity index (χ0) is 12.4. The molecule has 0 atom stereocenters. The Labute approximate surface area is 107 Å². The zero-order valence-electron chi connectivity index (χ0n) is 9.35. The topological polar surface area (TPSA) is 57.0 Å². The molecule has 17 heavy (non-hydrogen) atoms. The van der Waals surface area contributed by atoms with Gasteiger partial charge in [-0.05, 0) is 25.1 Å². The van der Waals surface area contributed by atoms with Crippen LogP contribution in [0.1, 0.15) is 17.3 Å². The van der Waals surface area contributed by atoms with Crippen LogP contribution in [0.5, 0.6) is 11.8 Å². The monoisotopic (exact) mass is 295 g/mol. The van der Waals surface area contributed by atoms with Gasteiger partial charge in [0.05, 0.1) is 5.56 Å². The minimum Gasteiger partial charge on any atom is -0.422 e. The van der Waals surface area contributed by atoms with Crippen LogP contribution in [0.2, 0.25) is 0 Å². The van der Waals surface area contributed by atoms with Crippen molar-refractivity contribution >= 4 is 21.7 Å². The summed E-state index contributed by atoms with van der Waals surface area (Å²) in [6.45, 7) is 1.49. The molecule has 0 spiro atoms. The largest absolute Gasteiger partial charge is 0.422 e. The molecular formula is C11H10BrN3O2. The summed E-state index contributed by atoms with van der Waals surface area (Å²) in [4.78, 5) is 15.4. The van der Waals surface area contributed by atoms with Crippen LogP contribution in [0.15, 0.2) is 29.0 Å². The number of carbonyl (C=O) groups excluding carboxylic acids is 1. The lowest BCUT2D eigenvalue weighted by Crippen LogP contribution is -1.98. The van der Waals surface area contributed by atoms with Gasteiger partial charge in [0, 0.05) is 11.5 Å². The van der Waals surface area contributed by atoms with E-state index in [2.05, 4.69) is 26.0 Å². The van der Waals surface area contributed by atoms with Crippen molar-refractivity contribution in [3.63, 3.8) is 0 Å². The van der Waals surface area contributed by atoms with Crippen molar-refractivity contribution in [1.82, 2.24) is 14.8 Å². The van der Waals surface area contributed by atoms with Crippen molar-refractivity contribution in [1.29, 1.82) is 0 Å². The molecule has 0 aliphatic carbocycles. The number of Topliss-reactive ketones (excluding diaryl/α,β-unsaturated/α-hetero) is 1. The third-order valence-corrected chi connectivity index (χ3v) is 2.59. The molecule has 0 saturated carbocycles. The molecule has 1 heterocycles. The van der Waals surface area contributed by atoms with E-state index in [1.54, 1.807) is 25.2 Å². The Balaban J connectivity index is 2.35. The Morgan fingerprint density at radius 1 is 1.47 bits per heavy atom. The fourth-order valence-corrected chi connectivity index (χ4v) is 1.69. The summed E-state index contributed by atoms with van der Waals surface area (Å²) in [5.41, 5.74) is 0.492. The van der Waals surface area contributed by atoms with Gasteiger partial charge in [0.15, 0.2) is 5.78 Å². The highest BCUT2D eigenvalue weighted by molar-refractivity contribution is 9.10. The number of nitrogens with zero attached hydrogens (tertiary/aromatic N) is 3. The van der Waals surface area contributed by atoms with Gasteiger partial charge in [-0.1, -0.05) is 15.9 Å². The Morgan fingerprint density at radius 3 is 2.82 bits per heavy atom. The van der Waals surface area contributed by atoms with Crippen molar-refractivity contribution < 1.29 is 9.53 Å². The summed E-state index contributed by atoms with van der Waals surface area (Å²) in [5, 5.41) is 3.99. The second kappa shape index (κ2) is 4.67. The number of aryl methyl sites for hydroxylation is 1. The number of benzene rings is 1. The Morgan fingerprint density at radius 2 is 2.24 bits per heavy atom. The molecule has 2 rings (SSSR count). The van der Waals surface area contributed by atoms with Crippen LogP contribution >= 0.6 is 15.9 Å². The summed E-state index contributed by atoms with van der Waals surface area (Å²) in [5.74, 6) is 0.379. The second-order valence-corrected chi connectivity index (χ2v) is 4.42. The molecule has 0 amide bonds. The van der Waals surface area contributed by atoms with Gasteiger partial charge in [0.2, 0.25) is 0 Å². The highest BCUT2D eigenvalue weighted by atomic mass is 79.9. The third-order valence-electron chi connectivity index (χ3n) is 2.10. The quantitative estimate of drug-likeness (QED) is 0.817. The summed E-state index contributed by atoms with van der Waals surface area (Å²) >= 11 is 3.31. The highest BCUT2D eigenvalue weighted by Gasteiger charge is 2.11. The number of halogens is 1. The molecule has 6 heteroatoms. The predicted octanol–water partition coefficient (Wildman–Crippen LogP) is 2.57. The molecule has 0 radical (unpaired) electrons. The molecule has 88 valence electrons. The van der Waals surface area contributed by atoms with Gasteiger partial charge < -0.3 is 4.74 Å². The van der Waals surface area contributed by atoms with E-state index in [4.69, 9.17) is 4.74 Å². The van der Waals surface area contributed by atoms with Crippen molar-refractivity contribution in [3.8, 4) is 11.8 Å². The Bertz CT molecular complexity index is 566. The molecule has 0 aliphatic heterocycles. The maximum absolute atomic E-state index is 11.5. The first-order chi connectivity index (χ1) is 8.06. The SMILES string of the molecule is CC(=O)c1cc(Br)ccc1Oc1ncn(C)n1. The number of hydrogen-bond acceptors (Lipinski definition) is 4. The molecule has 1 aromatic heterocycles. The molecule has 5 nitrogen and oxygen atoms in total. The first kappa shape index (κ1) is 11.8. The number of aromatic nitrogens is 3. The molecule has 2 aromatic rings. The van der Waals surface area contributed by atoms with E-state index in [0.717, 1.165) is 4.47 Å². The van der Waals surface area contributed by atoms with Gasteiger partial charge in [-0.2, -0.15) is 4.98 Å². The fraction of sp³-hybridized carbons (Fsp3) is 0.182. The van der Waals surface area contributed by atoms with Crippen molar-refractivity contribution in [2.45, 2.75) is 6.92 Å². The standard InChI is InChI=1S/C11H10BrN3O2/c1-7(16)9-5-8(12)3-4-10(9)17-11-13-6-15(2)14-11/h3-6H,1-2H3. The minimum absolute atomic E-state index is 0.0720. The van der Waals surface area contributed by atoms with Crippen LogP contribution in [0.25, 0.3) is 0 Å². The van der Waals surface area contributed by atoms with Crippen molar-refractivity contribution in [3.05, 3.63) is 34.6 Å². The van der Waals surface area contributed by atoms with Gasteiger partial charge in [0.1, 0.15) is 12.1 Å². The summed E-state index contributed by atoms with van der Waals surface area (Å²) in [6, 6.07) is 5.43. The first-order valence-corrected chi connectivity index (χ1v) is 5.69. The van der Waals surface area contributed by atoms with Crippen LogP contribution in [0, 0.1) is 0 Å². The van der Waals surface area contributed by atoms with Crippen molar-refractivity contribution in [2.24, 2.45) is 7.05 Å². The van der Waals surface area contributed by atoms with E-state index < -0.39 is 0 Å². The van der Waals surface area contributed by atoms with Gasteiger partial charge in [-0.3, -0.25) is 9.48 Å². The molecule has 0 fully saturated rings. The van der Waals surface area contributed by atoms with Gasteiger partial charge >= 0.3 is 6.01 Å². The molecule has 1 aromatic carbocycles. The van der Waals surface area contributed by atoms with Crippen LogP contribution < -0.4 is 4.74 Å². The normalized spacial score (nSPS) is 10.3. The summed E-state index contributed by atoms with van der Waals surface area (Å²) in [6.07, 6.45) is 1.53. The number of rotatable bonds is 3. The second-order valence-electron chi connectivity index (χ2n) is 3.50. The van der Waals surface area contributed by atoms with E-state index >= 15 is 0 Å². The Kier molecular flexibility index (Phi) is 3.23. The maximum Gasteiger partial charge on any atom is 0.341 e. The van der Waals surface area contributed by atoms with E-state index in [9.17, 15) is 4.79 Å². The zero-order valence-corrected chi connectivity index (χ0v) is 10.9. The van der Waals surface area contributed by atoms with Crippen LogP contribution in [0.4, 0.5) is 0 Å². The number of ether oxygens (including phenoxy) is 1. The fourth-order valence-electron chi connectivity index (χ4n) is 1.33. The average Bonchev–Trinajstić information content (AvgIpc) is 2.66. The summed E-state index contributed by atoms with van der Waals surface area (Å²) in [7, 11) is 1.74. The van der Waals surface area contributed by atoms with Crippen LogP contribution in [0.3, 0.4) is 0 Å². The first-order valence-electron chi connectivity index (χ1n) is 4.90. The molecule has 0 unspecified atom stereocenters. The highest BCUT2D eigenvalue weighted by Crippen LogP contribution is 2.26. The van der Waals surface area contributed by atoms with E-state index in [1.807, 2.05) is 0 Å². The van der Waals surface area contributed by atoms with Gasteiger partial charge in [0.25, 0.3) is 0 Å². The molecule has 0 bridgehead atoms. The van der Waals surface area contributed by atoms with Gasteiger partial charge in [-0.15, -0.1) is 5.10 Å². The molecule has 0 saturated heterocycles. The molecule has 0 aliphatic rings. The van der Waals surface area contributed by atoms with Crippen molar-refractivity contribution in [2.75, 3.05) is 0 Å². The number of hydrogen-bond donors (Lipinski definition) is 0. The molecular weight excluding hydrogens is 286 g/mol. The molecule has 0 N–H and O–H groups in total. The van der Waals surface area contributed by atoms with Crippen LogP contribution in [-0.4, -0.2) is 20.5 Å². The van der Waals surface area contributed by atoms with E-state index in [-0.39, 0.29) is 11.8 Å². The lowest BCUT2D eigenvalue weighted by molar-refractivity contribution is 0.101. The maximum atomic E-state index is 11.5. The number of ketones is 1. The Hall–Kier alpha value is -1.69. The third kappa shape index (κ3) is 2.71. The van der Waals surface area contributed by atoms with Gasteiger partial charge in [-0.25, -0.2) is 0 Å². The lowest BCUT2D eigenvalue weighted by atomic mass is 10.1. The van der Waals surface area contributed by atoms with E-state index in [0.29, 0.717) is 11.3 Å². The smallest absolute Gasteiger partial charge is 0.341 e. The lowest BCUT2D eigenvalue weighted by Gasteiger charge is -2.06.